The topological polar surface area (TPSA) is 229 Å². The Morgan fingerprint density at radius 3 is 1.33 bits per heavy atom. The molecule has 2 unspecified atom stereocenters. The van der Waals surface area contributed by atoms with Crippen LogP contribution in [-0.2, 0) is 44.6 Å². The molecule has 606 valence electrons. The minimum absolute atomic E-state index is 0.121. The van der Waals surface area contributed by atoms with E-state index in [1.54, 1.807) is 30.3 Å². The summed E-state index contributed by atoms with van der Waals surface area (Å²) in [7, 11) is 0. The number of nitrogens with zero attached hydrogens (tertiary/aromatic N) is 4. The van der Waals surface area contributed by atoms with Gasteiger partial charge in [0, 0.05) is 110 Å². The molecule has 6 aliphatic rings. The highest BCUT2D eigenvalue weighted by Gasteiger charge is 2.43. The van der Waals surface area contributed by atoms with Gasteiger partial charge < -0.3 is 50.6 Å². The van der Waals surface area contributed by atoms with E-state index in [-0.39, 0.29) is 42.6 Å². The maximum Gasteiger partial charge on any atom is 0.433 e. The Morgan fingerprint density at radius 2 is 0.803 bits per heavy atom. The zero-order valence-corrected chi connectivity index (χ0v) is 64.9. The van der Waals surface area contributed by atoms with Gasteiger partial charge in [0.25, 0.3) is 34.4 Å². The lowest BCUT2D eigenvalue weighted by Gasteiger charge is -2.37. The number of carbonyl (C=O) groups excluding carboxylic acids is 3. The van der Waals surface area contributed by atoms with Gasteiger partial charge in [-0.15, -0.1) is 0 Å². The molecular formula is C88H82F9N11O8S. The van der Waals surface area contributed by atoms with Crippen molar-refractivity contribution in [2.45, 2.75) is 138 Å². The third kappa shape index (κ3) is 17.0. The zero-order chi connectivity index (χ0) is 82.1. The number of rotatable bonds is 17. The molecule has 2 saturated heterocycles. The summed E-state index contributed by atoms with van der Waals surface area (Å²) in [5, 5.41) is 11.8. The first-order valence-electron chi connectivity index (χ1n) is 38.8. The van der Waals surface area contributed by atoms with Gasteiger partial charge in [0.15, 0.2) is 0 Å². The van der Waals surface area contributed by atoms with Gasteiger partial charge in [-0.2, -0.15) is 39.5 Å². The van der Waals surface area contributed by atoms with Crippen LogP contribution in [0.5, 0.6) is 23.0 Å². The van der Waals surface area contributed by atoms with Crippen LogP contribution >= 0.6 is 11.8 Å². The second kappa shape index (κ2) is 31.9. The predicted octanol–water partition coefficient (Wildman–Crippen LogP) is 16.3. The molecule has 0 radical (unpaired) electrons. The second-order valence-corrected chi connectivity index (χ2v) is 32.3. The van der Waals surface area contributed by atoms with Gasteiger partial charge in [-0.1, -0.05) is 128 Å². The van der Waals surface area contributed by atoms with E-state index in [4.69, 9.17) is 9.47 Å². The molecule has 19 nitrogen and oxygen atoms in total. The Labute approximate surface area is 670 Å². The number of aromatic nitrogens is 3. The number of alkyl halides is 9. The molecular weight excluding hydrogens is 1540 g/mol. The number of piperazine rings is 2. The van der Waals surface area contributed by atoms with E-state index >= 15 is 13.2 Å². The SMILES string of the molecule is Cc1ccc2c(c1)Oc1cc(C)ccc1C2NC(=O)c1cc(CN2CCN(Cc3ccc4c(c3)Oc3cc(C)ccc3C4NC(=O)c3cc(N4CCN(Cc5ccc(Cc6ccc7c(c6)Sc6cc(C)ccc6C7NC(=O)c6cc(NC7CCCCC7)c(C(F)(F)F)[nH]c6=O)cc5)CC4)c(C(F)(F)F)[nH]c3=O)CC2)c(C(F)(F)F)[nH]c1=O. The van der Waals surface area contributed by atoms with E-state index in [1.165, 1.54) is 16.7 Å². The van der Waals surface area contributed by atoms with Crippen LogP contribution in [0.4, 0.5) is 50.9 Å². The Hall–Kier alpha value is -11.4. The summed E-state index contributed by atoms with van der Waals surface area (Å²) in [6, 6.07) is 41.8. The third-order valence-electron chi connectivity index (χ3n) is 22.7. The monoisotopic (exact) mass is 1620 g/mol. The summed E-state index contributed by atoms with van der Waals surface area (Å²) >= 11 is 1.53. The average molecular weight is 1620 g/mol. The predicted molar refractivity (Wildman–Crippen MR) is 424 cm³/mol. The van der Waals surface area contributed by atoms with Gasteiger partial charge in [-0.25, -0.2) is 0 Å². The standard InChI is InChI=1S/C88H82F9N11O8S/c1-47-10-20-57-68(34-47)115-69-35-48(2)11-21-58(69)74(57)99-80(109)63-41-55(77(86(89,90)91)102-83(63)112)46-107-28-26-105(27-29-107)45-54-19-24-60-71(39-54)116-70-36-49(3)12-22-59(70)75(60)100-82(111)65-43-67(79(88(95,96)97)104-85(65)114)108-32-30-106(31-33-108)44-52-16-14-51(15-17-52)38-53-18-25-62-73(40-53)117-72-37-50(4)13-23-61(72)76(62)101-81(110)64-42-66(98-56-8-6-5-7-9-56)78(87(92,93)94)103-84(64)113/h10-25,34-37,39-43,56,74-76,98H,5-9,26-33,38,44-46H2,1-4H3,(H,99,109)(H,100,111)(H,101,110)(H,102,112)(H,103,113)(H,104,114). The fourth-order valence-electron chi connectivity index (χ4n) is 16.6. The van der Waals surface area contributed by atoms with Gasteiger partial charge in [-0.05, 0) is 163 Å². The molecule has 0 bridgehead atoms. The molecule has 16 rings (SSSR count). The van der Waals surface area contributed by atoms with Crippen molar-refractivity contribution >= 4 is 40.9 Å². The third-order valence-corrected chi connectivity index (χ3v) is 23.9. The number of anilines is 2. The van der Waals surface area contributed by atoms with Gasteiger partial charge in [0.2, 0.25) is 0 Å². The number of carbonyl (C=O) groups is 3. The molecule has 3 amide bonds. The smallest absolute Gasteiger partial charge is 0.433 e. The molecule has 3 fully saturated rings. The van der Waals surface area contributed by atoms with E-state index in [2.05, 4.69) is 31.1 Å². The molecule has 7 N–H and O–H groups in total. The Balaban J connectivity index is 0.555. The lowest BCUT2D eigenvalue weighted by Crippen LogP contribution is -2.47. The van der Waals surface area contributed by atoms with Crippen LogP contribution in [0.2, 0.25) is 0 Å². The summed E-state index contributed by atoms with van der Waals surface area (Å²) in [6.07, 6.45) is -10.3. The van der Waals surface area contributed by atoms with Crippen molar-refractivity contribution in [3.63, 3.8) is 0 Å². The lowest BCUT2D eigenvalue weighted by atomic mass is 9.92. The summed E-state index contributed by atoms with van der Waals surface area (Å²) in [5.41, 5.74) is 1.24. The number of benzene rings is 7. The largest absolute Gasteiger partial charge is 0.457 e. The maximum absolute atomic E-state index is 15.0. The van der Waals surface area contributed by atoms with Crippen molar-refractivity contribution in [3.8, 4) is 23.0 Å². The number of pyridine rings is 3. The number of H-pyrrole nitrogens is 3. The molecule has 5 aliphatic heterocycles. The molecule has 1 aliphatic carbocycles. The highest BCUT2D eigenvalue weighted by molar-refractivity contribution is 7.99. The fraction of sp³-hybridized carbons (Fsp3) is 0.318. The number of hydrogen-bond donors (Lipinski definition) is 7. The van der Waals surface area contributed by atoms with Crippen molar-refractivity contribution in [1.82, 2.24) is 45.6 Å². The highest BCUT2D eigenvalue weighted by Crippen LogP contribution is 2.49. The molecule has 0 spiro atoms. The van der Waals surface area contributed by atoms with Crippen LogP contribution in [0.3, 0.4) is 0 Å². The highest BCUT2D eigenvalue weighted by atomic mass is 32.2. The minimum Gasteiger partial charge on any atom is -0.457 e. The van der Waals surface area contributed by atoms with Gasteiger partial charge in [-0.3, -0.25) is 43.5 Å². The maximum atomic E-state index is 15.0. The number of ether oxygens (including phenoxy) is 2. The number of aryl methyl sites for hydroxylation is 4. The Bertz CT molecular complexity index is 5710. The number of amides is 3. The second-order valence-electron chi connectivity index (χ2n) is 31.2. The van der Waals surface area contributed by atoms with Crippen molar-refractivity contribution in [1.29, 1.82) is 0 Å². The van der Waals surface area contributed by atoms with Crippen LogP contribution in [0.1, 0.15) is 182 Å². The number of hydrogen-bond acceptors (Lipinski definition) is 14. The summed E-state index contributed by atoms with van der Waals surface area (Å²) in [6.45, 7) is 10.6. The van der Waals surface area contributed by atoms with Gasteiger partial charge >= 0.3 is 18.5 Å². The van der Waals surface area contributed by atoms with Crippen LogP contribution in [0, 0.1) is 27.7 Å². The Kier molecular flexibility index (Phi) is 21.7. The average Bonchev–Trinajstić information content (AvgIpc) is 0.784. The van der Waals surface area contributed by atoms with E-state index in [0.717, 1.165) is 103 Å². The first-order chi connectivity index (χ1) is 55.9. The van der Waals surface area contributed by atoms with Crippen molar-refractivity contribution in [3.05, 3.63) is 300 Å². The number of fused-ring (bicyclic) bond motifs is 6. The van der Waals surface area contributed by atoms with Crippen LogP contribution in [0.15, 0.2) is 176 Å². The number of nitrogens with one attached hydrogen (secondary N) is 7. The molecule has 3 aromatic heterocycles. The summed E-state index contributed by atoms with van der Waals surface area (Å²) < 4.78 is 145. The van der Waals surface area contributed by atoms with E-state index in [1.807, 2.05) is 151 Å². The van der Waals surface area contributed by atoms with E-state index in [9.17, 15) is 55.1 Å². The molecule has 7 aromatic carbocycles. The lowest BCUT2D eigenvalue weighted by molar-refractivity contribution is -0.142. The van der Waals surface area contributed by atoms with Crippen molar-refractivity contribution in [2.24, 2.45) is 0 Å². The minimum atomic E-state index is -5.00. The van der Waals surface area contributed by atoms with E-state index < -0.39 is 105 Å². The quantitative estimate of drug-likeness (QED) is 0.0421. The van der Waals surface area contributed by atoms with Crippen molar-refractivity contribution < 1.29 is 63.4 Å². The number of aromatic amines is 3. The molecule has 1 saturated carbocycles. The van der Waals surface area contributed by atoms with E-state index in [0.29, 0.717) is 117 Å². The zero-order valence-electron chi connectivity index (χ0n) is 64.1. The van der Waals surface area contributed by atoms with Crippen LogP contribution < -0.4 is 52.3 Å². The van der Waals surface area contributed by atoms with Crippen LogP contribution in [0.25, 0.3) is 0 Å². The van der Waals surface area contributed by atoms with Gasteiger partial charge in [0.05, 0.1) is 29.5 Å². The van der Waals surface area contributed by atoms with Crippen molar-refractivity contribution in [2.75, 3.05) is 62.6 Å². The first-order valence-corrected chi connectivity index (χ1v) is 39.6. The summed E-state index contributed by atoms with van der Waals surface area (Å²) in [4.78, 5) is 98.7. The molecule has 117 heavy (non-hydrogen) atoms. The normalized spacial score (nSPS) is 17.3. The summed E-state index contributed by atoms with van der Waals surface area (Å²) in [5.74, 6) is -0.858. The molecule has 8 heterocycles. The molecule has 10 aromatic rings. The van der Waals surface area contributed by atoms with Gasteiger partial charge in [0.1, 0.15) is 56.8 Å². The molecule has 2 atom stereocenters. The first kappa shape index (κ1) is 79.4. The Morgan fingerprint density at radius 1 is 0.410 bits per heavy atom. The van der Waals surface area contributed by atoms with Crippen LogP contribution in [-0.4, -0.2) is 106 Å². The molecule has 29 heteroatoms. The number of halogens is 9. The fourth-order valence-corrected chi connectivity index (χ4v) is 17.9.